The van der Waals surface area contributed by atoms with Crippen molar-refractivity contribution < 1.29 is 9.47 Å². The summed E-state index contributed by atoms with van der Waals surface area (Å²) < 4.78 is 11.8. The van der Waals surface area contributed by atoms with Gasteiger partial charge in [0.1, 0.15) is 0 Å². The fourth-order valence-electron chi connectivity index (χ4n) is 4.71. The van der Waals surface area contributed by atoms with E-state index in [0.717, 1.165) is 32.0 Å². The lowest BCUT2D eigenvalue weighted by Gasteiger charge is -2.52. The van der Waals surface area contributed by atoms with Crippen molar-refractivity contribution in [3.8, 4) is 0 Å². The summed E-state index contributed by atoms with van der Waals surface area (Å²) in [5.74, 6) is 0.670. The van der Waals surface area contributed by atoms with Gasteiger partial charge in [-0.15, -0.1) is 0 Å². The fraction of sp³-hybridized carbons (Fsp3) is 1.00. The molecule has 19 heavy (non-hydrogen) atoms. The van der Waals surface area contributed by atoms with E-state index in [1.54, 1.807) is 0 Å². The predicted molar refractivity (Wildman–Crippen MR) is 76.1 cm³/mol. The third-order valence-electron chi connectivity index (χ3n) is 5.95. The van der Waals surface area contributed by atoms with E-state index in [1.807, 2.05) is 0 Å². The van der Waals surface area contributed by atoms with Crippen LogP contribution in [0.1, 0.15) is 57.8 Å². The van der Waals surface area contributed by atoms with Gasteiger partial charge in [0.2, 0.25) is 0 Å². The third-order valence-corrected chi connectivity index (χ3v) is 5.95. The van der Waals surface area contributed by atoms with Crippen LogP contribution in [0.4, 0.5) is 0 Å². The van der Waals surface area contributed by atoms with E-state index >= 15 is 0 Å². The Kier molecular flexibility index (Phi) is 3.89. The Morgan fingerprint density at radius 1 is 0.842 bits per heavy atom. The molecular formula is C16H29NO2. The van der Waals surface area contributed by atoms with Crippen LogP contribution in [0.5, 0.6) is 0 Å². The largest absolute Gasteiger partial charge is 0.348 e. The Balaban J connectivity index is 1.72. The fourth-order valence-corrected chi connectivity index (χ4v) is 4.71. The Bertz CT molecular complexity index is 294. The minimum atomic E-state index is -0.214. The third kappa shape index (κ3) is 2.45. The van der Waals surface area contributed by atoms with Gasteiger partial charge in [-0.05, 0) is 45.7 Å². The Hall–Kier alpha value is -0.120. The van der Waals surface area contributed by atoms with E-state index in [1.165, 1.54) is 44.9 Å². The second kappa shape index (κ2) is 5.34. The maximum Gasteiger partial charge on any atom is 0.168 e. The zero-order valence-electron chi connectivity index (χ0n) is 12.6. The van der Waals surface area contributed by atoms with Crippen molar-refractivity contribution in [2.24, 2.45) is 5.92 Å². The first-order chi connectivity index (χ1) is 9.17. The molecule has 0 N–H and O–H groups in total. The molecule has 0 unspecified atom stereocenters. The summed E-state index contributed by atoms with van der Waals surface area (Å²) in [6.45, 7) is 1.58. The monoisotopic (exact) mass is 267 g/mol. The smallest absolute Gasteiger partial charge is 0.168 e. The van der Waals surface area contributed by atoms with E-state index in [0.29, 0.717) is 5.54 Å². The highest BCUT2D eigenvalue weighted by atomic mass is 16.7. The average molecular weight is 267 g/mol. The van der Waals surface area contributed by atoms with Crippen LogP contribution in [0.2, 0.25) is 0 Å². The lowest BCUT2D eigenvalue weighted by atomic mass is 9.65. The van der Waals surface area contributed by atoms with Crippen molar-refractivity contribution in [2.45, 2.75) is 69.1 Å². The van der Waals surface area contributed by atoms with Crippen molar-refractivity contribution >= 4 is 0 Å². The molecule has 3 heteroatoms. The standard InChI is InChI=1S/C16H29NO2/c1-17(2)15(14-6-4-3-5-7-14)8-10-16(11-9-15)18-12-13-19-16/h14H,3-13H2,1-2H3. The number of nitrogens with zero attached hydrogens (tertiary/aromatic N) is 1. The second-order valence-corrected chi connectivity index (χ2v) is 6.94. The number of ether oxygens (including phenoxy) is 2. The summed E-state index contributed by atoms with van der Waals surface area (Å²) in [4.78, 5) is 2.52. The van der Waals surface area contributed by atoms with Gasteiger partial charge in [-0.1, -0.05) is 19.3 Å². The normalized spacial score (nSPS) is 31.1. The van der Waals surface area contributed by atoms with Gasteiger partial charge in [-0.3, -0.25) is 0 Å². The van der Waals surface area contributed by atoms with E-state index in [-0.39, 0.29) is 5.79 Å². The van der Waals surface area contributed by atoms with E-state index in [2.05, 4.69) is 19.0 Å². The van der Waals surface area contributed by atoms with E-state index < -0.39 is 0 Å². The SMILES string of the molecule is CN(C)C1(C2CCCCC2)CCC2(CC1)OCCO2. The maximum atomic E-state index is 5.90. The molecule has 2 saturated carbocycles. The van der Waals surface area contributed by atoms with Gasteiger partial charge in [0.05, 0.1) is 13.2 Å². The first-order valence-electron chi connectivity index (χ1n) is 8.12. The summed E-state index contributed by atoms with van der Waals surface area (Å²) in [5, 5.41) is 0. The highest BCUT2D eigenvalue weighted by Crippen LogP contribution is 2.49. The molecular weight excluding hydrogens is 238 g/mol. The lowest BCUT2D eigenvalue weighted by Crippen LogP contribution is -2.56. The van der Waals surface area contributed by atoms with Crippen LogP contribution in [0.15, 0.2) is 0 Å². The molecule has 3 aliphatic rings. The van der Waals surface area contributed by atoms with Crippen molar-refractivity contribution in [1.29, 1.82) is 0 Å². The van der Waals surface area contributed by atoms with Crippen LogP contribution in [-0.2, 0) is 9.47 Å². The van der Waals surface area contributed by atoms with Crippen LogP contribution in [0.25, 0.3) is 0 Å². The zero-order chi connectivity index (χ0) is 13.3. The first-order valence-corrected chi connectivity index (χ1v) is 8.12. The second-order valence-electron chi connectivity index (χ2n) is 6.94. The summed E-state index contributed by atoms with van der Waals surface area (Å²) in [5.41, 5.74) is 0.404. The van der Waals surface area contributed by atoms with Crippen LogP contribution < -0.4 is 0 Å². The van der Waals surface area contributed by atoms with Gasteiger partial charge in [-0.25, -0.2) is 0 Å². The van der Waals surface area contributed by atoms with E-state index in [4.69, 9.17) is 9.47 Å². The first kappa shape index (κ1) is 13.8. The average Bonchev–Trinajstić information content (AvgIpc) is 2.89. The van der Waals surface area contributed by atoms with Crippen molar-refractivity contribution in [3.05, 3.63) is 0 Å². The van der Waals surface area contributed by atoms with E-state index in [9.17, 15) is 0 Å². The van der Waals surface area contributed by atoms with Crippen LogP contribution in [0, 0.1) is 5.92 Å². The number of rotatable bonds is 2. The van der Waals surface area contributed by atoms with Crippen LogP contribution in [-0.4, -0.2) is 43.5 Å². The molecule has 3 fully saturated rings. The molecule has 0 atom stereocenters. The van der Waals surface area contributed by atoms with Gasteiger partial charge in [0, 0.05) is 18.4 Å². The molecule has 110 valence electrons. The molecule has 0 bridgehead atoms. The van der Waals surface area contributed by atoms with Crippen LogP contribution in [0.3, 0.4) is 0 Å². The van der Waals surface area contributed by atoms with Crippen molar-refractivity contribution in [2.75, 3.05) is 27.3 Å². The Morgan fingerprint density at radius 2 is 1.42 bits per heavy atom. The molecule has 1 heterocycles. The topological polar surface area (TPSA) is 21.7 Å². The molecule has 1 aliphatic heterocycles. The highest BCUT2D eigenvalue weighted by molar-refractivity contribution is 5.01. The highest BCUT2D eigenvalue weighted by Gasteiger charge is 2.50. The Morgan fingerprint density at radius 3 is 1.95 bits per heavy atom. The molecule has 0 aromatic carbocycles. The maximum absolute atomic E-state index is 5.90. The predicted octanol–water partition coefficient (Wildman–Crippen LogP) is 3.18. The van der Waals surface area contributed by atoms with Crippen molar-refractivity contribution in [1.82, 2.24) is 4.90 Å². The molecule has 0 amide bonds. The summed E-state index contributed by atoms with van der Waals surface area (Å²) >= 11 is 0. The Labute approximate surface area is 117 Å². The van der Waals surface area contributed by atoms with Crippen molar-refractivity contribution in [3.63, 3.8) is 0 Å². The zero-order valence-corrected chi connectivity index (χ0v) is 12.6. The quantitative estimate of drug-likeness (QED) is 0.767. The summed E-state index contributed by atoms with van der Waals surface area (Å²) in [7, 11) is 4.56. The van der Waals surface area contributed by atoms with Gasteiger partial charge in [0.15, 0.2) is 5.79 Å². The molecule has 1 saturated heterocycles. The molecule has 3 nitrogen and oxygen atoms in total. The summed E-state index contributed by atoms with van der Waals surface area (Å²) in [6.07, 6.45) is 11.8. The molecule has 0 radical (unpaired) electrons. The van der Waals surface area contributed by atoms with Gasteiger partial charge >= 0.3 is 0 Å². The van der Waals surface area contributed by atoms with Gasteiger partial charge in [-0.2, -0.15) is 0 Å². The summed E-state index contributed by atoms with van der Waals surface area (Å²) in [6, 6.07) is 0. The minimum Gasteiger partial charge on any atom is -0.348 e. The number of hydrogen-bond donors (Lipinski definition) is 0. The van der Waals surface area contributed by atoms with Crippen LogP contribution >= 0.6 is 0 Å². The lowest BCUT2D eigenvalue weighted by molar-refractivity contribution is -0.198. The minimum absolute atomic E-state index is 0.214. The molecule has 0 aromatic heterocycles. The number of hydrogen-bond acceptors (Lipinski definition) is 3. The molecule has 3 rings (SSSR count). The van der Waals surface area contributed by atoms with Gasteiger partial charge < -0.3 is 14.4 Å². The molecule has 2 aliphatic carbocycles. The van der Waals surface area contributed by atoms with Gasteiger partial charge in [0.25, 0.3) is 0 Å². The molecule has 0 aromatic rings. The molecule has 1 spiro atoms.